The maximum absolute atomic E-state index is 10.5. The Morgan fingerprint density at radius 1 is 1.41 bits per heavy atom. The van der Waals surface area contributed by atoms with Gasteiger partial charge in [0.15, 0.2) is 0 Å². The number of anilines is 1. The van der Waals surface area contributed by atoms with Crippen molar-refractivity contribution in [1.82, 2.24) is 4.98 Å². The van der Waals surface area contributed by atoms with Crippen LogP contribution >= 0.6 is 0 Å². The first-order chi connectivity index (χ1) is 8.11. The quantitative estimate of drug-likeness (QED) is 0.798. The van der Waals surface area contributed by atoms with E-state index in [0.717, 1.165) is 12.8 Å². The molecule has 0 amide bonds. The second kappa shape index (κ2) is 5.98. The highest BCUT2D eigenvalue weighted by Gasteiger charge is 2.37. The summed E-state index contributed by atoms with van der Waals surface area (Å²) in [6.45, 7) is 6.52. The van der Waals surface area contributed by atoms with Crippen LogP contribution in [-0.4, -0.2) is 22.3 Å². The molecule has 1 heterocycles. The summed E-state index contributed by atoms with van der Waals surface area (Å²) in [6.07, 6.45) is 3.94. The minimum Gasteiger partial charge on any atom is -0.398 e. The van der Waals surface area contributed by atoms with Crippen LogP contribution in [0.15, 0.2) is 18.5 Å². The van der Waals surface area contributed by atoms with Crippen molar-refractivity contribution in [2.24, 2.45) is 0 Å². The smallest absolute Gasteiger partial charge is 0.111 e. The molecule has 0 spiro atoms. The maximum atomic E-state index is 10.5. The Kier molecular flexibility index (Phi) is 4.90. The van der Waals surface area contributed by atoms with Gasteiger partial charge in [-0.2, -0.15) is 0 Å². The number of ether oxygens (including phenoxy) is 1. The zero-order chi connectivity index (χ0) is 12.9. The number of hydrogen-bond donors (Lipinski definition) is 2. The van der Waals surface area contributed by atoms with E-state index in [2.05, 4.69) is 4.98 Å². The number of aliphatic hydroxyl groups is 1. The average Bonchev–Trinajstić information content (AvgIpc) is 2.36. The van der Waals surface area contributed by atoms with Gasteiger partial charge in [-0.3, -0.25) is 4.98 Å². The molecule has 1 rings (SSSR count). The number of aromatic nitrogens is 1. The predicted octanol–water partition coefficient (Wildman–Crippen LogP) is 2.29. The number of pyridine rings is 1. The van der Waals surface area contributed by atoms with Crippen LogP contribution < -0.4 is 5.73 Å². The molecule has 0 aliphatic carbocycles. The van der Waals surface area contributed by atoms with Gasteiger partial charge in [0.25, 0.3) is 0 Å². The number of hydrogen-bond acceptors (Lipinski definition) is 4. The van der Waals surface area contributed by atoms with Crippen LogP contribution in [0.25, 0.3) is 0 Å². The lowest BCUT2D eigenvalue weighted by Crippen LogP contribution is -2.38. The maximum Gasteiger partial charge on any atom is 0.111 e. The monoisotopic (exact) mass is 238 g/mol. The summed E-state index contributed by atoms with van der Waals surface area (Å²) in [7, 11) is 0. The average molecular weight is 238 g/mol. The lowest BCUT2D eigenvalue weighted by Gasteiger charge is -2.36. The van der Waals surface area contributed by atoms with Gasteiger partial charge in [-0.15, -0.1) is 0 Å². The summed E-state index contributed by atoms with van der Waals surface area (Å²) < 4.78 is 5.77. The van der Waals surface area contributed by atoms with Gasteiger partial charge in [-0.05, 0) is 25.8 Å². The van der Waals surface area contributed by atoms with E-state index < -0.39 is 11.7 Å². The normalized spacial score (nSPS) is 13.6. The molecule has 0 aliphatic heterocycles. The van der Waals surface area contributed by atoms with Gasteiger partial charge in [0.05, 0.1) is 5.60 Å². The summed E-state index contributed by atoms with van der Waals surface area (Å²) in [4.78, 5) is 4.01. The Morgan fingerprint density at radius 3 is 2.53 bits per heavy atom. The van der Waals surface area contributed by atoms with Crippen molar-refractivity contribution >= 4 is 5.69 Å². The fraction of sp³-hybridized carbons (Fsp3) is 0.615. The predicted molar refractivity (Wildman–Crippen MR) is 68.5 cm³/mol. The van der Waals surface area contributed by atoms with E-state index >= 15 is 0 Å². The van der Waals surface area contributed by atoms with Gasteiger partial charge >= 0.3 is 0 Å². The standard InChI is InChI=1S/C13H22N2O2/c1-4-13(5-2,17-6-3)12(16)10-9-15-8-7-11(10)14/h7-9,12,16H,4-6H2,1-3H3,(H2,14,15). The van der Waals surface area contributed by atoms with Crippen LogP contribution in [0.5, 0.6) is 0 Å². The molecule has 0 bridgehead atoms. The molecular weight excluding hydrogens is 216 g/mol. The van der Waals surface area contributed by atoms with Gasteiger partial charge in [-0.25, -0.2) is 0 Å². The van der Waals surface area contributed by atoms with Crippen molar-refractivity contribution in [3.63, 3.8) is 0 Å². The van der Waals surface area contributed by atoms with E-state index in [-0.39, 0.29) is 0 Å². The minimum absolute atomic E-state index is 0.554. The van der Waals surface area contributed by atoms with Crippen LogP contribution in [0.3, 0.4) is 0 Å². The summed E-state index contributed by atoms with van der Waals surface area (Å²) in [6, 6.07) is 1.70. The fourth-order valence-electron chi connectivity index (χ4n) is 2.14. The highest BCUT2D eigenvalue weighted by molar-refractivity contribution is 5.46. The second-order valence-corrected chi connectivity index (χ2v) is 4.11. The van der Waals surface area contributed by atoms with Gasteiger partial charge in [0, 0.05) is 30.3 Å². The molecule has 4 nitrogen and oxygen atoms in total. The molecule has 96 valence electrons. The van der Waals surface area contributed by atoms with Gasteiger partial charge < -0.3 is 15.6 Å². The van der Waals surface area contributed by atoms with Crippen molar-refractivity contribution in [3.05, 3.63) is 24.0 Å². The number of rotatable bonds is 6. The molecule has 17 heavy (non-hydrogen) atoms. The van der Waals surface area contributed by atoms with E-state index in [4.69, 9.17) is 10.5 Å². The third-order valence-corrected chi connectivity index (χ3v) is 3.31. The zero-order valence-corrected chi connectivity index (χ0v) is 10.8. The molecule has 1 unspecified atom stereocenters. The number of nitrogens with two attached hydrogens (primary N) is 1. The minimum atomic E-state index is -0.744. The zero-order valence-electron chi connectivity index (χ0n) is 10.8. The number of nitrogen functional groups attached to an aromatic ring is 1. The topological polar surface area (TPSA) is 68.4 Å². The number of aliphatic hydroxyl groups excluding tert-OH is 1. The van der Waals surface area contributed by atoms with Gasteiger partial charge in [-0.1, -0.05) is 13.8 Å². The molecule has 0 saturated heterocycles. The Morgan fingerprint density at radius 2 is 2.06 bits per heavy atom. The van der Waals surface area contributed by atoms with Crippen molar-refractivity contribution in [1.29, 1.82) is 0 Å². The lowest BCUT2D eigenvalue weighted by molar-refractivity contribution is -0.127. The van der Waals surface area contributed by atoms with Crippen LogP contribution in [0.1, 0.15) is 45.3 Å². The molecule has 1 aromatic heterocycles. The fourth-order valence-corrected chi connectivity index (χ4v) is 2.14. The molecule has 0 saturated carbocycles. The molecule has 3 N–H and O–H groups in total. The molecule has 1 atom stereocenters. The Balaban J connectivity index is 3.07. The first-order valence-corrected chi connectivity index (χ1v) is 6.12. The van der Waals surface area contributed by atoms with E-state index in [1.165, 1.54) is 0 Å². The van der Waals surface area contributed by atoms with Crippen molar-refractivity contribution < 1.29 is 9.84 Å². The largest absolute Gasteiger partial charge is 0.398 e. The Bertz CT molecular complexity index is 351. The Hall–Kier alpha value is -1.13. The third-order valence-electron chi connectivity index (χ3n) is 3.31. The highest BCUT2D eigenvalue weighted by Crippen LogP contribution is 2.37. The van der Waals surface area contributed by atoms with Gasteiger partial charge in [0.2, 0.25) is 0 Å². The van der Waals surface area contributed by atoms with Crippen molar-refractivity contribution in [2.45, 2.75) is 45.3 Å². The molecule has 0 radical (unpaired) electrons. The van der Waals surface area contributed by atoms with Crippen LogP contribution in [0, 0.1) is 0 Å². The first kappa shape index (κ1) is 13.9. The molecule has 0 fully saturated rings. The van der Waals surface area contributed by atoms with E-state index in [9.17, 15) is 5.11 Å². The number of nitrogens with zero attached hydrogens (tertiary/aromatic N) is 1. The van der Waals surface area contributed by atoms with E-state index in [0.29, 0.717) is 17.9 Å². The summed E-state index contributed by atoms with van der Waals surface area (Å²) >= 11 is 0. The summed E-state index contributed by atoms with van der Waals surface area (Å²) in [5.74, 6) is 0. The van der Waals surface area contributed by atoms with Crippen molar-refractivity contribution in [2.75, 3.05) is 12.3 Å². The molecular formula is C13H22N2O2. The van der Waals surface area contributed by atoms with Crippen LogP contribution in [0.4, 0.5) is 5.69 Å². The lowest BCUT2D eigenvalue weighted by atomic mass is 9.86. The summed E-state index contributed by atoms with van der Waals surface area (Å²) in [5, 5.41) is 10.5. The molecule has 1 aromatic rings. The van der Waals surface area contributed by atoms with Crippen molar-refractivity contribution in [3.8, 4) is 0 Å². The van der Waals surface area contributed by atoms with Crippen LogP contribution in [0.2, 0.25) is 0 Å². The van der Waals surface area contributed by atoms with E-state index in [1.54, 1.807) is 18.5 Å². The van der Waals surface area contributed by atoms with Crippen LogP contribution in [-0.2, 0) is 4.74 Å². The first-order valence-electron chi connectivity index (χ1n) is 6.12. The summed E-state index contributed by atoms with van der Waals surface area (Å²) in [5.41, 5.74) is 6.49. The van der Waals surface area contributed by atoms with Gasteiger partial charge in [0.1, 0.15) is 6.10 Å². The molecule has 0 aliphatic rings. The Labute approximate surface area is 103 Å². The SMILES string of the molecule is CCOC(CC)(CC)C(O)c1cnccc1N. The molecule has 0 aromatic carbocycles. The second-order valence-electron chi connectivity index (χ2n) is 4.11. The van der Waals surface area contributed by atoms with E-state index in [1.807, 2.05) is 20.8 Å². The molecule has 4 heteroatoms. The highest BCUT2D eigenvalue weighted by atomic mass is 16.5. The third kappa shape index (κ3) is 2.76.